The Morgan fingerprint density at radius 3 is 1.47 bits per heavy atom. The van der Waals surface area contributed by atoms with Gasteiger partial charge in [-0.3, -0.25) is 9.59 Å². The molecule has 0 amide bonds. The fourth-order valence-electron chi connectivity index (χ4n) is 4.30. The molecule has 0 radical (unpaired) electrons. The first-order valence-electron chi connectivity index (χ1n) is 11.3. The third-order valence-corrected chi connectivity index (χ3v) is 6.08. The van der Waals surface area contributed by atoms with Crippen molar-refractivity contribution in [3.63, 3.8) is 0 Å². The smallest absolute Gasteiger partial charge is 0.309 e. The van der Waals surface area contributed by atoms with Crippen LogP contribution in [0.5, 0.6) is 0 Å². The van der Waals surface area contributed by atoms with Crippen molar-refractivity contribution in [2.45, 2.75) is 65.3 Å². The van der Waals surface area contributed by atoms with Crippen LogP contribution >= 0.6 is 0 Å². The minimum absolute atomic E-state index is 0.0387. The van der Waals surface area contributed by atoms with E-state index >= 15 is 0 Å². The second-order valence-electron chi connectivity index (χ2n) is 10.1. The van der Waals surface area contributed by atoms with Crippen LogP contribution in [0.2, 0.25) is 0 Å². The summed E-state index contributed by atoms with van der Waals surface area (Å²) in [5.41, 5.74) is 1.70. The number of hydrogen-bond donors (Lipinski definition) is 1. The molecule has 0 unspecified atom stereocenters. The number of rotatable bonds is 6. The fourth-order valence-corrected chi connectivity index (χ4v) is 4.30. The summed E-state index contributed by atoms with van der Waals surface area (Å²) in [6.07, 6.45) is 2.95. The maximum Gasteiger partial charge on any atom is 0.309 e. The highest BCUT2D eigenvalue weighted by molar-refractivity contribution is 5.74. The van der Waals surface area contributed by atoms with Crippen LogP contribution in [-0.4, -0.2) is 22.6 Å². The zero-order chi connectivity index (χ0) is 23.2. The lowest BCUT2D eigenvalue weighted by Crippen LogP contribution is -2.44. The van der Waals surface area contributed by atoms with Crippen molar-refractivity contribution in [1.82, 2.24) is 0 Å². The molecule has 0 bridgehead atoms. The van der Waals surface area contributed by atoms with Crippen LogP contribution in [0, 0.1) is 17.3 Å². The second-order valence-corrected chi connectivity index (χ2v) is 10.1. The Morgan fingerprint density at radius 2 is 1.12 bits per heavy atom. The molecule has 2 aliphatic carbocycles. The highest BCUT2D eigenvalue weighted by atomic mass is 16.5. The zero-order valence-corrected chi connectivity index (χ0v) is 19.3. The summed E-state index contributed by atoms with van der Waals surface area (Å²) in [6, 6.07) is 19.4. The van der Waals surface area contributed by atoms with E-state index in [-0.39, 0.29) is 23.8 Å². The number of esters is 2. The van der Waals surface area contributed by atoms with Crippen molar-refractivity contribution < 1.29 is 24.2 Å². The van der Waals surface area contributed by atoms with E-state index in [0.717, 1.165) is 24.0 Å². The lowest BCUT2D eigenvalue weighted by molar-refractivity contribution is -0.164. The van der Waals surface area contributed by atoms with Crippen LogP contribution < -0.4 is 0 Å². The molecule has 32 heavy (non-hydrogen) atoms. The molecule has 1 N–H and O–H groups in total. The maximum absolute atomic E-state index is 11.7. The summed E-state index contributed by atoms with van der Waals surface area (Å²) in [5, 5.41) is 9.51. The number of benzene rings is 2. The van der Waals surface area contributed by atoms with E-state index in [4.69, 9.17) is 9.47 Å². The molecule has 2 saturated carbocycles. The molecule has 5 nitrogen and oxygen atoms in total. The minimum Gasteiger partial charge on any atom is -0.461 e. The first kappa shape index (κ1) is 24.0. The molecule has 2 fully saturated rings. The summed E-state index contributed by atoms with van der Waals surface area (Å²) in [7, 11) is 0. The molecule has 0 heterocycles. The van der Waals surface area contributed by atoms with Gasteiger partial charge < -0.3 is 14.6 Å². The van der Waals surface area contributed by atoms with Gasteiger partial charge in [-0.05, 0) is 49.1 Å². The number of hydrogen-bond acceptors (Lipinski definition) is 5. The Hall–Kier alpha value is -2.66. The minimum atomic E-state index is -0.670. The number of carbonyl (C=O) groups excluding carboxylic acids is 2. The van der Waals surface area contributed by atoms with Crippen molar-refractivity contribution in [2.75, 3.05) is 0 Å². The monoisotopic (exact) mass is 438 g/mol. The Morgan fingerprint density at radius 1 is 0.750 bits per heavy atom. The maximum atomic E-state index is 11.7. The topological polar surface area (TPSA) is 72.8 Å². The highest BCUT2D eigenvalue weighted by Gasteiger charge is 2.43. The van der Waals surface area contributed by atoms with Crippen LogP contribution in [0.25, 0.3) is 0 Å². The Balaban J connectivity index is 0.000000181. The molecule has 2 aromatic carbocycles. The molecule has 0 saturated heterocycles. The van der Waals surface area contributed by atoms with Gasteiger partial charge in [0.2, 0.25) is 0 Å². The van der Waals surface area contributed by atoms with Gasteiger partial charge in [-0.15, -0.1) is 0 Å². The number of aliphatic hydroxyl groups is 1. The standard InChI is InChI=1S/C14H18O2.C13H16O3/c1-14(2)8-12(9-14)13(15)16-10-11-6-4-3-5-7-11;1-13(15)7-11(8-13)12(14)16-9-10-5-3-2-4-6-10/h3-7,12H,8-10H2,1-2H3;2-6,11,15H,7-9H2,1H3. The highest BCUT2D eigenvalue weighted by Crippen LogP contribution is 2.45. The number of carbonyl (C=O) groups is 2. The molecule has 172 valence electrons. The molecule has 0 aromatic heterocycles. The molecule has 2 aromatic rings. The summed E-state index contributed by atoms with van der Waals surface area (Å²) in [4.78, 5) is 23.2. The lowest BCUT2D eigenvalue weighted by Gasteiger charge is -2.40. The summed E-state index contributed by atoms with van der Waals surface area (Å²) < 4.78 is 10.5. The molecule has 0 spiro atoms. The Kier molecular flexibility index (Phi) is 7.73. The van der Waals surface area contributed by atoms with Crippen molar-refractivity contribution in [1.29, 1.82) is 0 Å². The molecular weight excluding hydrogens is 404 g/mol. The predicted octanol–water partition coefficient (Wildman–Crippen LogP) is 5.06. The van der Waals surface area contributed by atoms with Crippen molar-refractivity contribution in [2.24, 2.45) is 17.3 Å². The average molecular weight is 439 g/mol. The zero-order valence-electron chi connectivity index (χ0n) is 19.3. The quantitative estimate of drug-likeness (QED) is 0.639. The first-order valence-corrected chi connectivity index (χ1v) is 11.3. The van der Waals surface area contributed by atoms with E-state index in [1.807, 2.05) is 60.7 Å². The van der Waals surface area contributed by atoms with Gasteiger partial charge >= 0.3 is 11.9 Å². The van der Waals surface area contributed by atoms with E-state index in [2.05, 4.69) is 13.8 Å². The lowest BCUT2D eigenvalue weighted by atomic mass is 9.64. The van der Waals surface area contributed by atoms with Gasteiger partial charge in [0.25, 0.3) is 0 Å². The molecule has 2 aliphatic rings. The second kappa shape index (κ2) is 10.3. The van der Waals surface area contributed by atoms with Gasteiger partial charge in [0.15, 0.2) is 0 Å². The SMILES string of the molecule is CC1(C)CC(C(=O)OCc2ccccc2)C1.CC1(O)CC(C(=O)OCc2ccccc2)C1. The summed E-state index contributed by atoms with van der Waals surface area (Å²) in [6.45, 7) is 6.84. The van der Waals surface area contributed by atoms with Crippen molar-refractivity contribution in [3.05, 3.63) is 71.8 Å². The van der Waals surface area contributed by atoms with Crippen LogP contribution in [0.3, 0.4) is 0 Å². The molecule has 0 aliphatic heterocycles. The van der Waals surface area contributed by atoms with Gasteiger partial charge in [0, 0.05) is 0 Å². The van der Waals surface area contributed by atoms with Gasteiger partial charge in [0.1, 0.15) is 13.2 Å². The average Bonchev–Trinajstić information content (AvgIpc) is 2.74. The van der Waals surface area contributed by atoms with Gasteiger partial charge in [-0.2, -0.15) is 0 Å². The Labute approximate surface area is 190 Å². The van der Waals surface area contributed by atoms with Gasteiger partial charge in [-0.1, -0.05) is 74.5 Å². The van der Waals surface area contributed by atoms with Crippen molar-refractivity contribution in [3.8, 4) is 0 Å². The summed E-state index contributed by atoms with van der Waals surface area (Å²) >= 11 is 0. The molecular formula is C27H34O5. The fraction of sp³-hybridized carbons (Fsp3) is 0.481. The van der Waals surface area contributed by atoms with Crippen LogP contribution in [0.1, 0.15) is 57.6 Å². The third-order valence-electron chi connectivity index (χ3n) is 6.08. The molecule has 5 heteroatoms. The van der Waals surface area contributed by atoms with E-state index in [1.165, 1.54) is 0 Å². The summed E-state index contributed by atoms with van der Waals surface area (Å²) in [5.74, 6) is -0.240. The Bertz CT molecular complexity index is 797. The van der Waals surface area contributed by atoms with Gasteiger partial charge in [0.05, 0.1) is 17.4 Å². The van der Waals surface area contributed by atoms with Crippen LogP contribution in [0.4, 0.5) is 0 Å². The largest absolute Gasteiger partial charge is 0.461 e. The van der Waals surface area contributed by atoms with E-state index < -0.39 is 5.60 Å². The normalized spacial score (nSPS) is 23.6. The van der Waals surface area contributed by atoms with E-state index in [9.17, 15) is 14.7 Å². The molecule has 0 atom stereocenters. The van der Waals surface area contributed by atoms with E-state index in [0.29, 0.717) is 31.5 Å². The first-order chi connectivity index (χ1) is 15.1. The third kappa shape index (κ3) is 7.20. The van der Waals surface area contributed by atoms with Crippen LogP contribution in [-0.2, 0) is 32.3 Å². The van der Waals surface area contributed by atoms with E-state index in [1.54, 1.807) is 6.92 Å². The van der Waals surface area contributed by atoms with Gasteiger partial charge in [-0.25, -0.2) is 0 Å². The van der Waals surface area contributed by atoms with Crippen LogP contribution in [0.15, 0.2) is 60.7 Å². The molecule has 4 rings (SSSR count). The number of ether oxygens (including phenoxy) is 2. The van der Waals surface area contributed by atoms with Crippen molar-refractivity contribution >= 4 is 11.9 Å². The predicted molar refractivity (Wildman–Crippen MR) is 122 cm³/mol.